The van der Waals surface area contributed by atoms with Gasteiger partial charge in [-0.3, -0.25) is 4.79 Å². The fourth-order valence-corrected chi connectivity index (χ4v) is 8.12. The van der Waals surface area contributed by atoms with Gasteiger partial charge in [0.25, 0.3) is 0 Å². The first-order valence-corrected chi connectivity index (χ1v) is 18.7. The molecule has 0 aliphatic heterocycles. The molecule has 3 saturated carbocycles. The Morgan fingerprint density at radius 3 is 1.54 bits per heavy atom. The zero-order chi connectivity index (χ0) is 40.5. The van der Waals surface area contributed by atoms with Crippen molar-refractivity contribution in [1.29, 1.82) is 0 Å². The first-order valence-electron chi connectivity index (χ1n) is 17.2. The van der Waals surface area contributed by atoms with E-state index in [0.29, 0.717) is 24.0 Å². The number of rotatable bonds is 13. The summed E-state index contributed by atoms with van der Waals surface area (Å²) in [6.07, 6.45) is 4.65. The van der Waals surface area contributed by atoms with Crippen molar-refractivity contribution in [3.05, 3.63) is 128 Å². The molecule has 0 atom stereocenters. The second-order valence-corrected chi connectivity index (χ2v) is 16.0. The summed E-state index contributed by atoms with van der Waals surface area (Å²) >= 11 is 0. The van der Waals surface area contributed by atoms with E-state index in [-0.39, 0.29) is 35.5 Å². The lowest BCUT2D eigenvalue weighted by Gasteiger charge is -2.30. The van der Waals surface area contributed by atoms with E-state index in [9.17, 15) is 49.5 Å². The summed E-state index contributed by atoms with van der Waals surface area (Å²) in [5.41, 5.74) is 0.637. The third kappa shape index (κ3) is 7.24. The predicted molar refractivity (Wildman–Crippen MR) is 177 cm³/mol. The molecule has 0 bridgehead atoms. The summed E-state index contributed by atoms with van der Waals surface area (Å²) in [6.45, 7) is -4.11. The van der Waals surface area contributed by atoms with Crippen LogP contribution < -0.4 is 4.90 Å². The largest absolute Gasteiger partial charge is 0.478 e. The van der Waals surface area contributed by atoms with Crippen molar-refractivity contribution >= 4 is 27.6 Å². The average molecular weight is 815 g/mol. The molecular formula is C38H28F10N2O5S. The number of hydrogen-bond donors (Lipinski definition) is 1. The number of carboxylic acids is 1. The van der Waals surface area contributed by atoms with E-state index in [1.807, 2.05) is 6.07 Å². The van der Waals surface area contributed by atoms with Crippen LogP contribution in [0.3, 0.4) is 0 Å². The van der Waals surface area contributed by atoms with Gasteiger partial charge in [-0.2, -0.15) is 4.31 Å². The SMILES string of the molecule is O=C(O)c1ccc(N(Cc2cc(C3CC3)cc(C3CC3)c2)C(=O)CN(Cc2c(F)c(F)c(F)c(F)c2F)S(=O)(=O)c2c(F)c(F)c(F)c(F)c2F)c(C2CC2)c1. The van der Waals surface area contributed by atoms with Crippen molar-refractivity contribution in [2.45, 2.75) is 74.3 Å². The van der Waals surface area contributed by atoms with Crippen LogP contribution >= 0.6 is 0 Å². The predicted octanol–water partition coefficient (Wildman–Crippen LogP) is 8.83. The minimum Gasteiger partial charge on any atom is -0.478 e. The number of sulfonamides is 1. The van der Waals surface area contributed by atoms with Crippen molar-refractivity contribution in [1.82, 2.24) is 4.31 Å². The van der Waals surface area contributed by atoms with Crippen molar-refractivity contribution in [3.63, 3.8) is 0 Å². The van der Waals surface area contributed by atoms with Crippen LogP contribution in [0.25, 0.3) is 0 Å². The molecule has 4 aromatic carbocycles. The Labute approximate surface area is 312 Å². The number of carboxylic acid groups (broad SMARTS) is 1. The lowest BCUT2D eigenvalue weighted by Crippen LogP contribution is -2.43. The first-order chi connectivity index (χ1) is 26.4. The molecule has 0 radical (unpaired) electrons. The molecule has 7 nitrogen and oxygen atoms in total. The fourth-order valence-electron chi connectivity index (χ4n) is 6.65. The van der Waals surface area contributed by atoms with Crippen LogP contribution in [0.1, 0.15) is 94.5 Å². The molecule has 56 heavy (non-hydrogen) atoms. The van der Waals surface area contributed by atoms with E-state index in [0.717, 1.165) is 47.8 Å². The molecule has 0 aromatic heterocycles. The second kappa shape index (κ2) is 14.5. The maximum Gasteiger partial charge on any atom is 0.335 e. The molecule has 296 valence electrons. The number of carbonyl (C=O) groups excluding carboxylic acids is 1. The average Bonchev–Trinajstić information content (AvgIpc) is 4.01. The maximum atomic E-state index is 15.1. The number of benzene rings is 4. The number of amides is 1. The highest BCUT2D eigenvalue weighted by molar-refractivity contribution is 7.89. The monoisotopic (exact) mass is 814 g/mol. The number of aromatic carboxylic acids is 1. The maximum absolute atomic E-state index is 15.1. The number of halogens is 10. The van der Waals surface area contributed by atoms with Crippen LogP contribution in [0, 0.1) is 58.2 Å². The number of nitrogens with zero attached hydrogens (tertiary/aromatic N) is 2. The van der Waals surface area contributed by atoms with Gasteiger partial charge in [0, 0.05) is 17.8 Å². The molecule has 7 rings (SSSR count). The summed E-state index contributed by atoms with van der Waals surface area (Å²) in [4.78, 5) is 24.8. The Kier molecular flexibility index (Phi) is 10.2. The molecule has 0 spiro atoms. The van der Waals surface area contributed by atoms with Gasteiger partial charge in [0.15, 0.2) is 51.4 Å². The molecule has 1 amide bonds. The minimum atomic E-state index is -6.29. The van der Waals surface area contributed by atoms with E-state index < -0.39 is 108 Å². The van der Waals surface area contributed by atoms with Crippen molar-refractivity contribution in [2.75, 3.05) is 11.4 Å². The van der Waals surface area contributed by atoms with Crippen molar-refractivity contribution < 1.29 is 67.0 Å². The minimum absolute atomic E-state index is 0.0251. The molecule has 0 saturated heterocycles. The van der Waals surface area contributed by atoms with Gasteiger partial charge in [-0.15, -0.1) is 0 Å². The topological polar surface area (TPSA) is 95.0 Å². The lowest BCUT2D eigenvalue weighted by atomic mass is 9.98. The third-order valence-corrected chi connectivity index (χ3v) is 11.9. The van der Waals surface area contributed by atoms with Gasteiger partial charge in [-0.05, 0) is 96.7 Å². The Balaban J connectivity index is 1.38. The second-order valence-electron chi connectivity index (χ2n) is 14.1. The molecule has 18 heteroatoms. The number of carbonyl (C=O) groups is 2. The van der Waals surface area contributed by atoms with Gasteiger partial charge in [0.05, 0.1) is 18.7 Å². The van der Waals surface area contributed by atoms with E-state index in [4.69, 9.17) is 0 Å². The lowest BCUT2D eigenvalue weighted by molar-refractivity contribution is -0.119. The molecule has 3 aliphatic carbocycles. The molecule has 4 aromatic rings. The molecule has 3 fully saturated rings. The van der Waals surface area contributed by atoms with Crippen LogP contribution in [0.5, 0.6) is 0 Å². The molecule has 0 heterocycles. The highest BCUT2D eigenvalue weighted by Crippen LogP contribution is 2.47. The normalized spacial score (nSPS) is 15.8. The van der Waals surface area contributed by atoms with Gasteiger partial charge in [0.1, 0.15) is 0 Å². The summed E-state index contributed by atoms with van der Waals surface area (Å²) in [5, 5.41) is 9.69. The zero-order valence-electron chi connectivity index (χ0n) is 28.7. The smallest absolute Gasteiger partial charge is 0.335 e. The van der Waals surface area contributed by atoms with Crippen molar-refractivity contribution in [2.24, 2.45) is 0 Å². The Morgan fingerprint density at radius 2 is 1.07 bits per heavy atom. The Hall–Kier alpha value is -4.97. The Bertz CT molecular complexity index is 2350. The zero-order valence-corrected chi connectivity index (χ0v) is 29.5. The van der Waals surface area contributed by atoms with E-state index in [1.54, 1.807) is 12.1 Å². The first kappa shape index (κ1) is 39.3. The molecular weight excluding hydrogens is 786 g/mol. The van der Waals surface area contributed by atoms with E-state index in [1.165, 1.54) is 12.1 Å². The highest BCUT2D eigenvalue weighted by Gasteiger charge is 2.41. The van der Waals surface area contributed by atoms with Gasteiger partial charge in [-0.1, -0.05) is 18.2 Å². The standard InChI is InChI=1S/C38H28F10N2O5S/c39-27-24(28(40)30(42)31(43)29(27)41)14-49(56(54,55)37-35(47)33(45)32(44)34(46)36(37)48)15-26(51)50(25-8-7-20(38(52)53)12-23(25)19-5-6-19)13-16-9-21(17-1-2-17)11-22(10-16)18-3-4-18/h7-12,17-19H,1-6,13-15H2,(H,52,53). The summed E-state index contributed by atoms with van der Waals surface area (Å²) in [6, 6.07) is 9.29. The summed E-state index contributed by atoms with van der Waals surface area (Å²) in [5.74, 6) is -29.7. The van der Waals surface area contributed by atoms with Crippen LogP contribution in [0.15, 0.2) is 41.3 Å². The van der Waals surface area contributed by atoms with E-state index in [2.05, 4.69) is 0 Å². The van der Waals surface area contributed by atoms with Crippen LogP contribution in [0.4, 0.5) is 49.6 Å². The van der Waals surface area contributed by atoms with Gasteiger partial charge < -0.3 is 10.0 Å². The summed E-state index contributed by atoms with van der Waals surface area (Å²) in [7, 11) is -6.29. The third-order valence-electron chi connectivity index (χ3n) is 10.1. The molecule has 1 N–H and O–H groups in total. The Morgan fingerprint density at radius 1 is 0.607 bits per heavy atom. The number of anilines is 1. The van der Waals surface area contributed by atoms with Crippen molar-refractivity contribution in [3.8, 4) is 0 Å². The summed E-state index contributed by atoms with van der Waals surface area (Å²) < 4.78 is 173. The van der Waals surface area contributed by atoms with E-state index >= 15 is 17.6 Å². The quantitative estimate of drug-likeness (QED) is 0.0828. The van der Waals surface area contributed by atoms with Crippen LogP contribution in [-0.4, -0.2) is 36.3 Å². The molecule has 3 aliphatic rings. The van der Waals surface area contributed by atoms with Crippen LogP contribution in [-0.2, 0) is 27.9 Å². The van der Waals surface area contributed by atoms with Crippen LogP contribution in [0.2, 0.25) is 0 Å². The molecule has 0 unspecified atom stereocenters. The van der Waals surface area contributed by atoms with Gasteiger partial charge in [0.2, 0.25) is 27.6 Å². The van der Waals surface area contributed by atoms with Gasteiger partial charge >= 0.3 is 5.97 Å². The van der Waals surface area contributed by atoms with Gasteiger partial charge in [-0.25, -0.2) is 57.1 Å². The fraction of sp³-hybridized carbons (Fsp3) is 0.316. The highest BCUT2D eigenvalue weighted by atomic mass is 32.2. The number of hydrogen-bond acceptors (Lipinski definition) is 4.